The van der Waals surface area contributed by atoms with Crippen LogP contribution in [0.4, 0.5) is 0 Å². The molecule has 2 fully saturated rings. The van der Waals surface area contributed by atoms with Crippen molar-refractivity contribution >= 4 is 5.78 Å². The summed E-state index contributed by atoms with van der Waals surface area (Å²) in [5.41, 5.74) is -4.79. The van der Waals surface area contributed by atoms with Crippen LogP contribution in [-0.4, -0.2) is 79.6 Å². The Labute approximate surface area is 217 Å². The molecule has 0 spiro atoms. The van der Waals surface area contributed by atoms with Gasteiger partial charge in [0, 0.05) is 25.2 Å². The number of carbonyl (C=O) groups excluding carboxylic acids is 1. The van der Waals surface area contributed by atoms with Crippen LogP contribution in [0.5, 0.6) is 0 Å². The third-order valence-corrected chi connectivity index (χ3v) is 8.96. The highest BCUT2D eigenvalue weighted by Crippen LogP contribution is 2.54. The Hall–Kier alpha value is -1.69. The predicted molar refractivity (Wildman–Crippen MR) is 132 cm³/mol. The molecule has 9 heteroatoms. The van der Waals surface area contributed by atoms with Gasteiger partial charge in [-0.2, -0.15) is 0 Å². The molecular weight excluding hydrogens is 480 g/mol. The molecule has 2 aliphatic carbocycles. The molecule has 4 rings (SSSR count). The summed E-state index contributed by atoms with van der Waals surface area (Å²) in [4.78, 5) is 24.4. The van der Waals surface area contributed by atoms with Crippen molar-refractivity contribution in [3.63, 3.8) is 0 Å². The van der Waals surface area contributed by atoms with Crippen molar-refractivity contribution in [1.82, 2.24) is 0 Å². The summed E-state index contributed by atoms with van der Waals surface area (Å²) in [6.07, 6.45) is -6.42. The third-order valence-electron chi connectivity index (χ3n) is 8.96. The second kappa shape index (κ2) is 9.81. The van der Waals surface area contributed by atoms with Crippen LogP contribution in [0.3, 0.4) is 0 Å². The summed E-state index contributed by atoms with van der Waals surface area (Å²) in [6, 6.07) is 9.20. The van der Waals surface area contributed by atoms with E-state index >= 15 is 0 Å². The molecule has 8 unspecified atom stereocenters. The first-order valence-corrected chi connectivity index (χ1v) is 12.6. The van der Waals surface area contributed by atoms with Crippen LogP contribution in [-0.2, 0) is 25.9 Å². The average Bonchev–Trinajstić information content (AvgIpc) is 2.84. The SMILES string of the molecule is [CH]C(OOCc1ccccc1)C1(O)CC(O)C(C)=C(C(O)C(=O)C2(C)CC3(O)COC3CC2O)C1(C)C. The number of carbonyl (C=O) groups is 1. The number of hydrogen-bond acceptors (Lipinski definition) is 9. The first kappa shape index (κ1) is 28.3. The second-order valence-electron chi connectivity index (χ2n) is 11.6. The Bertz CT molecular complexity index is 1040. The number of aliphatic hydroxyl groups is 5. The zero-order valence-electron chi connectivity index (χ0n) is 21.8. The molecule has 3 aliphatic rings. The lowest BCUT2D eigenvalue weighted by Gasteiger charge is -2.56. The molecule has 1 saturated carbocycles. The van der Waals surface area contributed by atoms with Gasteiger partial charge < -0.3 is 30.3 Å². The normalized spacial score (nSPS) is 38.9. The van der Waals surface area contributed by atoms with E-state index in [2.05, 4.69) is 0 Å². The largest absolute Gasteiger partial charge is 0.392 e. The van der Waals surface area contributed by atoms with Gasteiger partial charge in [0.2, 0.25) is 0 Å². The quantitative estimate of drug-likeness (QED) is 0.195. The summed E-state index contributed by atoms with van der Waals surface area (Å²) in [7, 11) is 0. The van der Waals surface area contributed by atoms with E-state index in [9.17, 15) is 30.3 Å². The third kappa shape index (κ3) is 4.59. The lowest BCUT2D eigenvalue weighted by Crippen LogP contribution is -2.69. The minimum absolute atomic E-state index is 0.0458. The molecule has 1 aromatic rings. The van der Waals surface area contributed by atoms with E-state index < -0.39 is 58.3 Å². The molecule has 2 radical (unpaired) electrons. The van der Waals surface area contributed by atoms with E-state index in [1.165, 1.54) is 6.92 Å². The molecule has 204 valence electrons. The Kier molecular flexibility index (Phi) is 7.51. The molecule has 1 aromatic carbocycles. The highest BCUT2D eigenvalue weighted by atomic mass is 17.2. The fourth-order valence-electron chi connectivity index (χ4n) is 6.22. The number of hydrogen-bond donors (Lipinski definition) is 5. The van der Waals surface area contributed by atoms with E-state index in [-0.39, 0.29) is 38.0 Å². The number of fused-ring (bicyclic) bond motifs is 1. The highest BCUT2D eigenvalue weighted by molar-refractivity contribution is 5.92. The van der Waals surface area contributed by atoms with Crippen molar-refractivity contribution in [1.29, 1.82) is 0 Å². The minimum Gasteiger partial charge on any atom is -0.392 e. The highest BCUT2D eigenvalue weighted by Gasteiger charge is 2.63. The predicted octanol–water partition coefficient (Wildman–Crippen LogP) is 1.27. The maximum Gasteiger partial charge on any atom is 0.174 e. The first-order chi connectivity index (χ1) is 17.2. The number of Topliss-reactive ketones (excluding diaryl/α,β-unsaturated/α-hetero) is 1. The smallest absolute Gasteiger partial charge is 0.174 e. The van der Waals surface area contributed by atoms with Crippen molar-refractivity contribution in [2.75, 3.05) is 6.61 Å². The lowest BCUT2D eigenvalue weighted by molar-refractivity contribution is -0.359. The average molecular weight is 519 g/mol. The minimum atomic E-state index is -1.93. The van der Waals surface area contributed by atoms with Gasteiger partial charge in [0.25, 0.3) is 0 Å². The molecular formula is C28H38O9. The molecule has 9 nitrogen and oxygen atoms in total. The number of aliphatic hydroxyl groups excluding tert-OH is 3. The van der Waals surface area contributed by atoms with Gasteiger partial charge in [-0.3, -0.25) is 4.79 Å². The van der Waals surface area contributed by atoms with Crippen molar-refractivity contribution in [2.45, 2.75) is 95.3 Å². The molecule has 0 amide bonds. The number of ketones is 1. The van der Waals surface area contributed by atoms with Crippen molar-refractivity contribution in [2.24, 2.45) is 10.8 Å². The Balaban J connectivity index is 1.57. The van der Waals surface area contributed by atoms with Crippen LogP contribution in [0.1, 0.15) is 52.5 Å². The zero-order chi connectivity index (χ0) is 27.4. The van der Waals surface area contributed by atoms with Gasteiger partial charge in [-0.1, -0.05) is 44.2 Å². The van der Waals surface area contributed by atoms with Gasteiger partial charge in [0.15, 0.2) is 5.78 Å². The van der Waals surface area contributed by atoms with Gasteiger partial charge in [0.1, 0.15) is 30.0 Å². The summed E-state index contributed by atoms with van der Waals surface area (Å²) < 4.78 is 5.34. The fourth-order valence-corrected chi connectivity index (χ4v) is 6.22. The number of rotatable bonds is 8. The molecule has 0 aromatic heterocycles. The fraction of sp³-hybridized carbons (Fsp3) is 0.643. The van der Waals surface area contributed by atoms with E-state index in [0.717, 1.165) is 5.56 Å². The maximum atomic E-state index is 13.8. The van der Waals surface area contributed by atoms with Gasteiger partial charge in [-0.05, 0) is 37.0 Å². The van der Waals surface area contributed by atoms with Gasteiger partial charge in [-0.25, -0.2) is 9.78 Å². The second-order valence-corrected chi connectivity index (χ2v) is 11.6. The van der Waals surface area contributed by atoms with Gasteiger partial charge >= 0.3 is 0 Å². The number of ether oxygens (including phenoxy) is 1. The summed E-state index contributed by atoms with van der Waals surface area (Å²) >= 11 is 0. The first-order valence-electron chi connectivity index (χ1n) is 12.6. The Morgan fingerprint density at radius 3 is 2.43 bits per heavy atom. The summed E-state index contributed by atoms with van der Waals surface area (Å²) in [5.74, 6) is -0.715. The molecule has 1 aliphatic heterocycles. The topological polar surface area (TPSA) is 146 Å². The monoisotopic (exact) mass is 518 g/mol. The summed E-state index contributed by atoms with van der Waals surface area (Å²) in [5, 5.41) is 55.7. The molecule has 0 bridgehead atoms. The summed E-state index contributed by atoms with van der Waals surface area (Å²) in [6.45, 7) is 12.7. The molecule has 5 N–H and O–H groups in total. The van der Waals surface area contributed by atoms with Gasteiger partial charge in [-0.15, -0.1) is 0 Å². The van der Waals surface area contributed by atoms with Crippen LogP contribution >= 0.6 is 0 Å². The van der Waals surface area contributed by atoms with E-state index in [1.54, 1.807) is 20.8 Å². The molecule has 8 atom stereocenters. The van der Waals surface area contributed by atoms with Gasteiger partial charge in [0.05, 0.1) is 30.3 Å². The van der Waals surface area contributed by atoms with Crippen LogP contribution < -0.4 is 0 Å². The van der Waals surface area contributed by atoms with Crippen LogP contribution in [0.15, 0.2) is 41.5 Å². The Morgan fingerprint density at radius 1 is 1.19 bits per heavy atom. The van der Waals surface area contributed by atoms with E-state index in [0.29, 0.717) is 5.57 Å². The van der Waals surface area contributed by atoms with Crippen molar-refractivity contribution in [3.05, 3.63) is 54.0 Å². The van der Waals surface area contributed by atoms with Crippen LogP contribution in [0.2, 0.25) is 0 Å². The maximum absolute atomic E-state index is 13.8. The van der Waals surface area contributed by atoms with Crippen LogP contribution in [0.25, 0.3) is 0 Å². The standard InChI is InChI=1S/C28H38O9/c1-16-19(29)12-28(34,17(2)37-36-13-18-9-7-6-8-10-18)25(3,4)22(16)23(31)24(32)26(5)14-27(33)15-35-21(27)11-20(26)30/h2,6-10,17,19-21,23,29-31,33-34H,11-15H2,1,3-5H3. The number of benzene rings is 1. The van der Waals surface area contributed by atoms with Crippen LogP contribution in [0, 0.1) is 17.8 Å². The van der Waals surface area contributed by atoms with Crippen molar-refractivity contribution in [3.8, 4) is 0 Å². The molecule has 1 saturated heterocycles. The molecule has 1 heterocycles. The molecule has 37 heavy (non-hydrogen) atoms. The van der Waals surface area contributed by atoms with E-state index in [4.69, 9.17) is 21.4 Å². The zero-order valence-corrected chi connectivity index (χ0v) is 21.8. The van der Waals surface area contributed by atoms with Crippen molar-refractivity contribution < 1.29 is 44.8 Å². The Morgan fingerprint density at radius 2 is 1.84 bits per heavy atom. The lowest BCUT2D eigenvalue weighted by atomic mass is 9.55. The van der Waals surface area contributed by atoms with E-state index in [1.807, 2.05) is 30.3 Å².